The lowest BCUT2D eigenvalue weighted by atomic mass is 10.2. The normalized spacial score (nSPS) is 10.8. The third-order valence-corrected chi connectivity index (χ3v) is 3.50. The molecule has 2 N–H and O–H groups in total. The molecule has 0 spiro atoms. The lowest BCUT2D eigenvalue weighted by Crippen LogP contribution is -3.00. The molecule has 0 saturated heterocycles. The molecule has 0 radical (unpaired) electrons. The van der Waals surface area contributed by atoms with Crippen molar-refractivity contribution in [3.8, 4) is 0 Å². The van der Waals surface area contributed by atoms with Gasteiger partial charge in [-0.1, -0.05) is 17.7 Å². The van der Waals surface area contributed by atoms with Crippen LogP contribution < -0.4 is 22.7 Å². The summed E-state index contributed by atoms with van der Waals surface area (Å²) in [5, 5.41) is 12.7. The third-order valence-electron chi connectivity index (χ3n) is 3.50. The molecule has 0 atom stereocenters. The monoisotopic (exact) mass is 342 g/mol. The maximum atomic E-state index is 6.12. The Morgan fingerprint density at radius 3 is 2.62 bits per heavy atom. The van der Waals surface area contributed by atoms with Gasteiger partial charge in [-0.2, -0.15) is 10.2 Å². The van der Waals surface area contributed by atoms with Crippen LogP contribution in [0.4, 0.5) is 17.2 Å². The summed E-state index contributed by atoms with van der Waals surface area (Å²) in [6.45, 7) is 2.63. The van der Waals surface area contributed by atoms with Crippen LogP contribution >= 0.6 is 0 Å². The number of nitrogen functional groups attached to an aromatic ring is 1. The fraction of sp³-hybridized carbons (Fsp3) is 0.176. The first-order valence-corrected chi connectivity index (χ1v) is 7.36. The average molecular weight is 343 g/mol. The van der Waals surface area contributed by atoms with E-state index in [0.717, 1.165) is 11.3 Å². The summed E-state index contributed by atoms with van der Waals surface area (Å²) >= 11 is 0. The minimum Gasteiger partial charge on any atom is -1.00 e. The Labute approximate surface area is 147 Å². The molecule has 0 bridgehead atoms. The predicted octanol–water partition coefficient (Wildman–Crippen LogP) is 0.0659. The first-order valence-electron chi connectivity index (χ1n) is 7.36. The number of benzene rings is 1. The number of nitrogens with two attached hydrogens (primary N) is 1. The molecule has 6 nitrogen and oxygen atoms in total. The van der Waals surface area contributed by atoms with Crippen molar-refractivity contribution in [3.05, 3.63) is 66.1 Å². The zero-order chi connectivity index (χ0) is 16.2. The van der Waals surface area contributed by atoms with E-state index < -0.39 is 0 Å². The van der Waals surface area contributed by atoms with Crippen molar-refractivity contribution in [3.63, 3.8) is 0 Å². The summed E-state index contributed by atoms with van der Waals surface area (Å²) in [7, 11) is 1.98. The number of nitrogens with zero attached hydrogens (tertiary/aromatic N) is 5. The highest BCUT2D eigenvalue weighted by Gasteiger charge is 2.08. The highest BCUT2D eigenvalue weighted by molar-refractivity contribution is 5.56. The number of hydrogen-bond donors (Lipinski definition) is 1. The number of rotatable bonds is 4. The first kappa shape index (κ1) is 17.6. The van der Waals surface area contributed by atoms with Gasteiger partial charge in [0.2, 0.25) is 0 Å². The molecule has 124 valence electrons. The number of aryl methyl sites for hydroxylation is 2. The van der Waals surface area contributed by atoms with Gasteiger partial charge in [-0.15, -0.1) is 5.11 Å². The molecule has 7 heteroatoms. The largest absolute Gasteiger partial charge is 1.00 e. The van der Waals surface area contributed by atoms with E-state index in [1.165, 1.54) is 5.56 Å². The Morgan fingerprint density at radius 1 is 1.17 bits per heavy atom. The van der Waals surface area contributed by atoms with Gasteiger partial charge >= 0.3 is 0 Å². The van der Waals surface area contributed by atoms with Crippen molar-refractivity contribution in [1.82, 2.24) is 9.78 Å². The minimum absolute atomic E-state index is 0. The fourth-order valence-corrected chi connectivity index (χ4v) is 2.23. The van der Waals surface area contributed by atoms with Crippen LogP contribution in [0.15, 0.2) is 65.2 Å². The maximum Gasteiger partial charge on any atom is 0.173 e. The number of anilines is 1. The summed E-state index contributed by atoms with van der Waals surface area (Å²) in [5.74, 6) is 0.507. The molecule has 3 aromatic rings. The Hall–Kier alpha value is -2.73. The van der Waals surface area contributed by atoms with Crippen LogP contribution in [0.5, 0.6) is 0 Å². The molecular weight excluding hydrogens is 324 g/mol. The van der Waals surface area contributed by atoms with E-state index in [0.29, 0.717) is 18.1 Å². The van der Waals surface area contributed by atoms with Gasteiger partial charge < -0.3 is 18.1 Å². The zero-order valence-corrected chi connectivity index (χ0v) is 14.4. The van der Waals surface area contributed by atoms with Gasteiger partial charge in [0, 0.05) is 11.6 Å². The van der Waals surface area contributed by atoms with Gasteiger partial charge in [0.25, 0.3) is 0 Å². The fourth-order valence-electron chi connectivity index (χ4n) is 2.23. The number of hydrogen-bond acceptors (Lipinski definition) is 4. The maximum absolute atomic E-state index is 6.12. The van der Waals surface area contributed by atoms with Gasteiger partial charge in [-0.25, -0.2) is 9.25 Å². The highest BCUT2D eigenvalue weighted by atomic mass is 35.5. The average Bonchev–Trinajstić information content (AvgIpc) is 2.87. The number of aromatic nitrogens is 3. The van der Waals surface area contributed by atoms with Crippen molar-refractivity contribution in [2.45, 2.75) is 13.5 Å². The lowest BCUT2D eigenvalue weighted by molar-refractivity contribution is -0.671. The van der Waals surface area contributed by atoms with Crippen molar-refractivity contribution in [2.24, 2.45) is 17.3 Å². The van der Waals surface area contributed by atoms with Gasteiger partial charge in [-0.3, -0.25) is 0 Å². The third kappa shape index (κ3) is 4.17. The quantitative estimate of drug-likeness (QED) is 0.538. The van der Waals surface area contributed by atoms with E-state index in [9.17, 15) is 0 Å². The number of azo groups is 1. The van der Waals surface area contributed by atoms with Gasteiger partial charge in [0.1, 0.15) is 18.6 Å². The van der Waals surface area contributed by atoms with E-state index in [2.05, 4.69) is 15.3 Å². The second-order valence-corrected chi connectivity index (χ2v) is 5.49. The standard InChI is InChI=1S/C17H19N6.ClH/c1-13-5-7-15(8-6-13)20-21-16-10-19-23(17(16)18)12-14-4-3-9-22(2)11-14;/h3-11H,12,18H2,1-2H3;1H/q+1;/p-1/b21-20+;. The molecule has 0 aliphatic heterocycles. The topological polar surface area (TPSA) is 72.4 Å². The molecule has 0 aliphatic carbocycles. The van der Waals surface area contributed by atoms with Crippen molar-refractivity contribution in [2.75, 3.05) is 5.73 Å². The Balaban J connectivity index is 0.00000208. The SMILES string of the molecule is Cc1ccc(/N=N/c2cnn(Cc3ccc[n+](C)c3)c2N)cc1.[Cl-]. The van der Waals surface area contributed by atoms with Gasteiger partial charge in [0.05, 0.1) is 18.4 Å². The van der Waals surface area contributed by atoms with Gasteiger partial charge in [0.15, 0.2) is 12.4 Å². The summed E-state index contributed by atoms with van der Waals surface area (Å²) in [5.41, 5.74) is 9.79. The van der Waals surface area contributed by atoms with Crippen LogP contribution in [0.3, 0.4) is 0 Å². The predicted molar refractivity (Wildman–Crippen MR) is 88.7 cm³/mol. The summed E-state index contributed by atoms with van der Waals surface area (Å²) in [6.07, 6.45) is 5.65. The van der Waals surface area contributed by atoms with Crippen LogP contribution in [0.25, 0.3) is 0 Å². The molecule has 24 heavy (non-hydrogen) atoms. The molecule has 2 heterocycles. The Morgan fingerprint density at radius 2 is 1.92 bits per heavy atom. The van der Waals surface area contributed by atoms with Crippen LogP contribution in [-0.4, -0.2) is 9.78 Å². The molecule has 3 rings (SSSR count). The molecule has 2 aromatic heterocycles. The Kier molecular flexibility index (Phi) is 5.65. The molecule has 0 unspecified atom stereocenters. The molecule has 0 aliphatic rings. The number of pyridine rings is 1. The van der Waals surface area contributed by atoms with Crippen LogP contribution in [-0.2, 0) is 13.6 Å². The first-order chi connectivity index (χ1) is 11.1. The van der Waals surface area contributed by atoms with E-state index in [-0.39, 0.29) is 12.4 Å². The molecule has 0 fully saturated rings. The smallest absolute Gasteiger partial charge is 0.173 e. The minimum atomic E-state index is 0. The van der Waals surface area contributed by atoms with Crippen molar-refractivity contribution >= 4 is 17.2 Å². The zero-order valence-electron chi connectivity index (χ0n) is 13.6. The van der Waals surface area contributed by atoms with Gasteiger partial charge in [-0.05, 0) is 25.1 Å². The second kappa shape index (κ2) is 7.70. The molecule has 1 aromatic carbocycles. The Bertz CT molecular complexity index is 839. The number of halogens is 1. The van der Waals surface area contributed by atoms with Crippen molar-refractivity contribution in [1.29, 1.82) is 0 Å². The van der Waals surface area contributed by atoms with E-state index >= 15 is 0 Å². The van der Waals surface area contributed by atoms with E-state index in [1.807, 2.05) is 67.3 Å². The molecule has 0 amide bonds. The second-order valence-electron chi connectivity index (χ2n) is 5.49. The van der Waals surface area contributed by atoms with Crippen LogP contribution in [0.2, 0.25) is 0 Å². The molecule has 0 saturated carbocycles. The van der Waals surface area contributed by atoms with Crippen LogP contribution in [0.1, 0.15) is 11.1 Å². The van der Waals surface area contributed by atoms with Crippen molar-refractivity contribution < 1.29 is 17.0 Å². The van der Waals surface area contributed by atoms with Crippen LogP contribution in [0, 0.1) is 6.92 Å². The molecular formula is C17H19ClN6. The lowest BCUT2D eigenvalue weighted by Gasteiger charge is -2.03. The summed E-state index contributed by atoms with van der Waals surface area (Å²) in [4.78, 5) is 0. The van der Waals surface area contributed by atoms with E-state index in [4.69, 9.17) is 5.73 Å². The van der Waals surface area contributed by atoms with E-state index in [1.54, 1.807) is 10.9 Å². The highest BCUT2D eigenvalue weighted by Crippen LogP contribution is 2.24. The summed E-state index contributed by atoms with van der Waals surface area (Å²) in [6, 6.07) is 11.9. The summed E-state index contributed by atoms with van der Waals surface area (Å²) < 4.78 is 3.71.